The highest BCUT2D eigenvalue weighted by atomic mass is 16.5. The van der Waals surface area contributed by atoms with Gasteiger partial charge >= 0.3 is 0 Å². The summed E-state index contributed by atoms with van der Waals surface area (Å²) >= 11 is 0. The number of hydrogen-bond acceptors (Lipinski definition) is 6. The predicted octanol–water partition coefficient (Wildman–Crippen LogP) is 7.33. The lowest BCUT2D eigenvalue weighted by Gasteiger charge is -2.23. The molecule has 2 aliphatic heterocycles. The molecular weight excluding hydrogens is 504 g/mol. The standard InChI is InChI=1S/C34H24O6/c35-27-9-1-21(2-10-27)31-17-25(18-32(39-31)22-3-11-28(36)12-4-22)26-19-33(23-5-13-29(37)14-6-23)40-34(20-26)24-7-15-30(38)16-8-24/h1-20,35-38H. The van der Waals surface area contributed by atoms with E-state index in [-0.39, 0.29) is 23.0 Å². The molecule has 0 bridgehead atoms. The van der Waals surface area contributed by atoms with Crippen molar-refractivity contribution in [2.45, 2.75) is 0 Å². The SMILES string of the molecule is Oc1ccc(C2=CC(=C3C=C(c4ccc(O)cc4)OC(c4ccc(O)cc4)=C3)C=C(c3ccc(O)cc3)O2)cc1. The molecule has 0 spiro atoms. The zero-order chi connectivity index (χ0) is 27.6. The minimum absolute atomic E-state index is 0.153. The number of ether oxygens (including phenoxy) is 2. The Morgan fingerprint density at radius 2 is 0.500 bits per heavy atom. The molecule has 0 saturated carbocycles. The highest BCUT2D eigenvalue weighted by Gasteiger charge is 2.21. The molecule has 0 atom stereocenters. The van der Waals surface area contributed by atoms with Gasteiger partial charge in [0.2, 0.25) is 0 Å². The molecule has 0 radical (unpaired) electrons. The normalized spacial score (nSPS) is 14.8. The second-order valence-electron chi connectivity index (χ2n) is 9.34. The maximum absolute atomic E-state index is 9.81. The maximum atomic E-state index is 9.81. The number of aromatic hydroxyl groups is 4. The van der Waals surface area contributed by atoms with Gasteiger partial charge in [0.1, 0.15) is 46.0 Å². The van der Waals surface area contributed by atoms with Gasteiger partial charge in [-0.3, -0.25) is 0 Å². The van der Waals surface area contributed by atoms with E-state index in [0.29, 0.717) is 23.0 Å². The second-order valence-corrected chi connectivity index (χ2v) is 9.34. The largest absolute Gasteiger partial charge is 0.508 e. The van der Waals surface area contributed by atoms with Crippen LogP contribution in [0.5, 0.6) is 23.0 Å². The van der Waals surface area contributed by atoms with Crippen molar-refractivity contribution in [2.75, 3.05) is 0 Å². The van der Waals surface area contributed by atoms with Gasteiger partial charge in [-0.1, -0.05) is 0 Å². The van der Waals surface area contributed by atoms with Crippen molar-refractivity contribution in [3.63, 3.8) is 0 Å². The summed E-state index contributed by atoms with van der Waals surface area (Å²) in [7, 11) is 0. The Labute approximate surface area is 230 Å². The van der Waals surface area contributed by atoms with Crippen LogP contribution in [0.3, 0.4) is 0 Å². The van der Waals surface area contributed by atoms with Crippen molar-refractivity contribution in [2.24, 2.45) is 0 Å². The lowest BCUT2D eigenvalue weighted by Crippen LogP contribution is -2.04. The number of rotatable bonds is 4. The van der Waals surface area contributed by atoms with Crippen LogP contribution in [0.2, 0.25) is 0 Å². The van der Waals surface area contributed by atoms with Crippen LogP contribution in [0.25, 0.3) is 23.0 Å². The fourth-order valence-corrected chi connectivity index (χ4v) is 4.41. The van der Waals surface area contributed by atoms with E-state index in [1.165, 1.54) is 0 Å². The summed E-state index contributed by atoms with van der Waals surface area (Å²) in [5.41, 5.74) is 4.78. The highest BCUT2D eigenvalue weighted by Crippen LogP contribution is 2.39. The third kappa shape index (κ3) is 5.19. The van der Waals surface area contributed by atoms with Crippen LogP contribution >= 0.6 is 0 Å². The molecule has 0 unspecified atom stereocenters. The first kappa shape index (κ1) is 24.7. The van der Waals surface area contributed by atoms with Gasteiger partial charge in [0.25, 0.3) is 0 Å². The van der Waals surface area contributed by atoms with Crippen molar-refractivity contribution >= 4 is 23.0 Å². The van der Waals surface area contributed by atoms with Gasteiger partial charge in [-0.2, -0.15) is 0 Å². The third-order valence-electron chi connectivity index (χ3n) is 6.53. The molecule has 2 aliphatic rings. The minimum Gasteiger partial charge on any atom is -0.508 e. The van der Waals surface area contributed by atoms with E-state index in [1.54, 1.807) is 97.1 Å². The molecule has 4 aromatic rings. The topological polar surface area (TPSA) is 99.4 Å². The van der Waals surface area contributed by atoms with Crippen LogP contribution in [-0.4, -0.2) is 20.4 Å². The third-order valence-corrected chi connectivity index (χ3v) is 6.53. The average Bonchev–Trinajstić information content (AvgIpc) is 2.98. The molecule has 6 nitrogen and oxygen atoms in total. The van der Waals surface area contributed by atoms with Gasteiger partial charge in [-0.15, -0.1) is 0 Å². The van der Waals surface area contributed by atoms with Crippen LogP contribution in [0.1, 0.15) is 22.3 Å². The first-order valence-electron chi connectivity index (χ1n) is 12.6. The summed E-state index contributed by atoms with van der Waals surface area (Å²) in [5.74, 6) is 2.94. The fraction of sp³-hybridized carbons (Fsp3) is 0. The molecule has 196 valence electrons. The molecule has 4 aromatic carbocycles. The van der Waals surface area contributed by atoms with E-state index < -0.39 is 0 Å². The van der Waals surface area contributed by atoms with Gasteiger partial charge in [-0.25, -0.2) is 0 Å². The zero-order valence-corrected chi connectivity index (χ0v) is 21.2. The van der Waals surface area contributed by atoms with E-state index in [0.717, 1.165) is 33.4 Å². The van der Waals surface area contributed by atoms with E-state index in [2.05, 4.69) is 0 Å². The monoisotopic (exact) mass is 528 g/mol. The summed E-state index contributed by atoms with van der Waals surface area (Å²) in [5, 5.41) is 39.2. The molecule has 40 heavy (non-hydrogen) atoms. The lowest BCUT2D eigenvalue weighted by atomic mass is 9.96. The number of hydrogen-bond donors (Lipinski definition) is 4. The van der Waals surface area contributed by atoms with Gasteiger partial charge in [0.05, 0.1) is 0 Å². The first-order valence-corrected chi connectivity index (χ1v) is 12.6. The fourth-order valence-electron chi connectivity index (χ4n) is 4.41. The number of phenolic OH excluding ortho intramolecular Hbond substituents is 4. The van der Waals surface area contributed by atoms with Crippen molar-refractivity contribution in [1.82, 2.24) is 0 Å². The van der Waals surface area contributed by atoms with E-state index in [4.69, 9.17) is 9.47 Å². The van der Waals surface area contributed by atoms with Crippen LogP contribution < -0.4 is 0 Å². The van der Waals surface area contributed by atoms with Crippen molar-refractivity contribution in [3.8, 4) is 23.0 Å². The van der Waals surface area contributed by atoms with Crippen molar-refractivity contribution in [1.29, 1.82) is 0 Å². The molecule has 6 heteroatoms. The van der Waals surface area contributed by atoms with Gasteiger partial charge in [0.15, 0.2) is 0 Å². The van der Waals surface area contributed by atoms with E-state index in [9.17, 15) is 20.4 Å². The Morgan fingerprint density at radius 3 is 0.700 bits per heavy atom. The summed E-state index contributed by atoms with van der Waals surface area (Å²) in [6.07, 6.45) is 7.69. The number of benzene rings is 4. The minimum atomic E-state index is 0.153. The highest BCUT2D eigenvalue weighted by molar-refractivity contribution is 5.83. The quantitative estimate of drug-likeness (QED) is 0.221. The van der Waals surface area contributed by atoms with Crippen LogP contribution in [0.15, 0.2) is 133 Å². The summed E-state index contributed by atoms with van der Waals surface area (Å²) in [6.45, 7) is 0. The van der Waals surface area contributed by atoms with Crippen LogP contribution in [-0.2, 0) is 9.47 Å². The average molecular weight is 529 g/mol. The summed E-state index contributed by atoms with van der Waals surface area (Å²) < 4.78 is 12.6. The molecule has 4 N–H and O–H groups in total. The van der Waals surface area contributed by atoms with E-state index >= 15 is 0 Å². The molecule has 0 saturated heterocycles. The van der Waals surface area contributed by atoms with E-state index in [1.807, 2.05) is 24.3 Å². The molecule has 0 aromatic heterocycles. The summed E-state index contributed by atoms with van der Waals surface area (Å²) in [6, 6.07) is 27.1. The Morgan fingerprint density at radius 1 is 0.300 bits per heavy atom. The van der Waals surface area contributed by atoms with Gasteiger partial charge in [-0.05, 0) is 133 Å². The second kappa shape index (κ2) is 10.3. The van der Waals surface area contributed by atoms with Gasteiger partial charge < -0.3 is 29.9 Å². The Hall–Kier alpha value is -5.62. The molecule has 0 amide bonds. The molecule has 0 fully saturated rings. The number of allylic oxidation sites excluding steroid dienone is 6. The van der Waals surface area contributed by atoms with Crippen LogP contribution in [0.4, 0.5) is 0 Å². The smallest absolute Gasteiger partial charge is 0.135 e. The van der Waals surface area contributed by atoms with Gasteiger partial charge in [0, 0.05) is 22.3 Å². The lowest BCUT2D eigenvalue weighted by molar-refractivity contribution is 0.460. The Balaban J connectivity index is 1.54. The summed E-state index contributed by atoms with van der Waals surface area (Å²) in [4.78, 5) is 0. The van der Waals surface area contributed by atoms with Crippen LogP contribution in [0, 0.1) is 0 Å². The molecule has 0 aliphatic carbocycles. The maximum Gasteiger partial charge on any atom is 0.135 e. The first-order chi connectivity index (χ1) is 19.4. The zero-order valence-electron chi connectivity index (χ0n) is 21.2. The Bertz CT molecular complexity index is 1460. The van der Waals surface area contributed by atoms with Crippen molar-refractivity contribution in [3.05, 3.63) is 155 Å². The molecular formula is C34H24O6. The Kier molecular flexibility index (Phi) is 6.34. The molecule has 2 heterocycles. The van der Waals surface area contributed by atoms with Crippen molar-refractivity contribution < 1.29 is 29.9 Å². The number of phenols is 4. The predicted molar refractivity (Wildman–Crippen MR) is 154 cm³/mol. The molecule has 6 rings (SSSR count).